The Balaban J connectivity index is 1.53. The van der Waals surface area contributed by atoms with Crippen LogP contribution in [-0.4, -0.2) is 52.3 Å². The smallest absolute Gasteiger partial charge is 0.358 e. The molecule has 2 heterocycles. The van der Waals surface area contributed by atoms with Gasteiger partial charge in [0, 0.05) is 24.6 Å². The lowest BCUT2D eigenvalue weighted by atomic mass is 10.2. The van der Waals surface area contributed by atoms with Gasteiger partial charge in [0.25, 0.3) is 5.91 Å². The molecule has 1 atom stereocenters. The molecule has 1 aromatic carbocycles. The van der Waals surface area contributed by atoms with Gasteiger partial charge in [0.1, 0.15) is 0 Å². The number of hydrogen-bond acceptors (Lipinski definition) is 6. The van der Waals surface area contributed by atoms with E-state index in [1.54, 1.807) is 35.9 Å². The molecule has 2 bridgehead atoms. The van der Waals surface area contributed by atoms with Crippen molar-refractivity contribution in [1.29, 1.82) is 0 Å². The minimum atomic E-state index is -4.44. The van der Waals surface area contributed by atoms with Crippen molar-refractivity contribution in [3.63, 3.8) is 0 Å². The minimum absolute atomic E-state index is 0.143. The van der Waals surface area contributed by atoms with E-state index in [2.05, 4.69) is 25.9 Å². The third-order valence-corrected chi connectivity index (χ3v) is 5.85. The third kappa shape index (κ3) is 4.95. The molecule has 3 N–H and O–H groups in total. The topological polar surface area (TPSA) is 100 Å². The van der Waals surface area contributed by atoms with Gasteiger partial charge in [0.2, 0.25) is 11.9 Å². The first-order valence-electron chi connectivity index (χ1n) is 9.81. The second-order valence-corrected chi connectivity index (χ2v) is 8.29. The van der Waals surface area contributed by atoms with Crippen LogP contribution < -0.4 is 16.0 Å². The molecule has 1 aromatic heterocycles. The summed E-state index contributed by atoms with van der Waals surface area (Å²) in [4.78, 5) is 33.0. The van der Waals surface area contributed by atoms with Gasteiger partial charge in [0.15, 0.2) is 5.17 Å². The number of carbonyl (C=O) groups excluding carboxylic acids is 2. The molecule has 2 aliphatic rings. The van der Waals surface area contributed by atoms with Crippen LogP contribution in [0.1, 0.15) is 10.4 Å². The number of fused-ring (bicyclic) bond motifs is 2. The maximum Gasteiger partial charge on any atom is 0.416 e. The molecule has 2 aromatic rings. The molecule has 33 heavy (non-hydrogen) atoms. The van der Waals surface area contributed by atoms with Crippen LogP contribution in [0.2, 0.25) is 0 Å². The zero-order valence-electron chi connectivity index (χ0n) is 17.5. The highest BCUT2D eigenvalue weighted by atomic mass is 32.2. The molecule has 1 aliphatic carbocycles. The maximum absolute atomic E-state index is 13.1. The fraction of sp³-hybridized carbons (Fsp3) is 0.238. The predicted octanol–water partition coefficient (Wildman–Crippen LogP) is 2.87. The fourth-order valence-electron chi connectivity index (χ4n) is 3.23. The predicted molar refractivity (Wildman–Crippen MR) is 121 cm³/mol. The number of carbonyl (C=O) groups is 2. The van der Waals surface area contributed by atoms with E-state index in [9.17, 15) is 22.8 Å². The minimum Gasteiger partial charge on any atom is -0.358 e. The number of imidazole rings is 1. The average molecular weight is 476 g/mol. The van der Waals surface area contributed by atoms with E-state index < -0.39 is 23.7 Å². The van der Waals surface area contributed by atoms with Gasteiger partial charge in [0.05, 0.1) is 29.2 Å². The van der Waals surface area contributed by atoms with Crippen LogP contribution >= 0.6 is 11.8 Å². The molecule has 0 saturated heterocycles. The first kappa shape index (κ1) is 22.6. The second-order valence-electron chi connectivity index (χ2n) is 7.23. The van der Waals surface area contributed by atoms with Crippen molar-refractivity contribution in [3.05, 3.63) is 58.5 Å². The number of aliphatic imine (C=N–C) groups is 1. The van der Waals surface area contributed by atoms with Crippen LogP contribution in [0.5, 0.6) is 0 Å². The van der Waals surface area contributed by atoms with Crippen molar-refractivity contribution < 1.29 is 22.8 Å². The number of likely N-dealkylation sites (N-methyl/N-ethyl adjacent to an activating group) is 1. The summed E-state index contributed by atoms with van der Waals surface area (Å²) in [6, 6.07) is 4.42. The third-order valence-electron chi connectivity index (χ3n) is 4.96. The molecule has 0 radical (unpaired) electrons. The molecule has 8 nitrogen and oxygen atoms in total. The van der Waals surface area contributed by atoms with Gasteiger partial charge in [-0.3, -0.25) is 14.6 Å². The van der Waals surface area contributed by atoms with Crippen LogP contribution in [0.3, 0.4) is 0 Å². The number of amidine groups is 1. The summed E-state index contributed by atoms with van der Waals surface area (Å²) in [5.74, 6) is -0.312. The van der Waals surface area contributed by atoms with Gasteiger partial charge in [-0.25, -0.2) is 4.98 Å². The van der Waals surface area contributed by atoms with Crippen molar-refractivity contribution in [1.82, 2.24) is 20.2 Å². The van der Waals surface area contributed by atoms with E-state index in [1.807, 2.05) is 0 Å². The molecule has 172 valence electrons. The van der Waals surface area contributed by atoms with Crippen LogP contribution in [0, 0.1) is 0 Å². The Morgan fingerprint density at radius 1 is 1.27 bits per heavy atom. The number of nitrogens with zero attached hydrogens (tertiary/aromatic N) is 3. The van der Waals surface area contributed by atoms with Crippen LogP contribution in [0.25, 0.3) is 11.0 Å². The number of amides is 2. The van der Waals surface area contributed by atoms with Crippen molar-refractivity contribution in [2.75, 3.05) is 18.9 Å². The van der Waals surface area contributed by atoms with Gasteiger partial charge < -0.3 is 20.5 Å². The monoisotopic (exact) mass is 476 g/mol. The van der Waals surface area contributed by atoms with Crippen molar-refractivity contribution in [2.24, 2.45) is 12.0 Å². The quantitative estimate of drug-likeness (QED) is 0.630. The normalized spacial score (nSPS) is 17.6. The van der Waals surface area contributed by atoms with Gasteiger partial charge in [-0.05, 0) is 30.4 Å². The summed E-state index contributed by atoms with van der Waals surface area (Å²) < 4.78 is 41.1. The Kier molecular flexibility index (Phi) is 6.02. The maximum atomic E-state index is 13.1. The zero-order valence-corrected chi connectivity index (χ0v) is 18.3. The number of benzene rings is 1. The summed E-state index contributed by atoms with van der Waals surface area (Å²) >= 11 is 1.08. The van der Waals surface area contributed by atoms with E-state index in [-0.39, 0.29) is 12.5 Å². The molecule has 0 saturated carbocycles. The van der Waals surface area contributed by atoms with E-state index in [1.165, 1.54) is 13.1 Å². The Morgan fingerprint density at radius 2 is 2.06 bits per heavy atom. The molecular formula is C21H19F3N6O2S. The molecule has 4 rings (SSSR count). The second kappa shape index (κ2) is 8.77. The van der Waals surface area contributed by atoms with Crippen molar-refractivity contribution >= 4 is 45.7 Å². The largest absolute Gasteiger partial charge is 0.416 e. The number of thioether (sulfide) groups is 1. The van der Waals surface area contributed by atoms with Crippen molar-refractivity contribution in [3.8, 4) is 0 Å². The Morgan fingerprint density at radius 3 is 2.79 bits per heavy atom. The Bertz CT molecular complexity index is 1260. The first-order valence-corrected chi connectivity index (χ1v) is 10.6. The number of allylic oxidation sites excluding steroid dienone is 3. The number of anilines is 1. The molecule has 1 aliphatic heterocycles. The summed E-state index contributed by atoms with van der Waals surface area (Å²) in [5, 5.41) is 8.42. The highest BCUT2D eigenvalue weighted by molar-refractivity contribution is 8.17. The summed E-state index contributed by atoms with van der Waals surface area (Å²) in [6.45, 7) is -0.143. The number of alkyl halides is 3. The number of halogens is 3. The number of nitrogens with one attached hydrogen (secondary N) is 3. The van der Waals surface area contributed by atoms with E-state index in [0.29, 0.717) is 27.1 Å². The molecule has 12 heteroatoms. The number of hydrogen-bond donors (Lipinski definition) is 3. The van der Waals surface area contributed by atoms with Gasteiger partial charge in [-0.1, -0.05) is 23.9 Å². The molecule has 0 spiro atoms. The lowest BCUT2D eigenvalue weighted by Gasteiger charge is -2.16. The number of rotatable bonds is 4. The van der Waals surface area contributed by atoms with E-state index >= 15 is 0 Å². The van der Waals surface area contributed by atoms with Gasteiger partial charge >= 0.3 is 6.18 Å². The van der Waals surface area contributed by atoms with E-state index in [4.69, 9.17) is 0 Å². The van der Waals surface area contributed by atoms with Gasteiger partial charge in [-0.2, -0.15) is 13.2 Å². The standard InChI is InChI=1S/C21H19F3N6O2S/c1-25-17(31)10-26-18(32)11-3-6-16-15(7-11)28-19(30(16)2)29-20-27-13-5-4-12(21(22,23)24)8-14(9-13)33-20/h3-9,13H,10H2,1-2H3,(H,25,31)(H,26,32)(H,27,28,29). The highest BCUT2D eigenvalue weighted by Crippen LogP contribution is 2.35. The lowest BCUT2D eigenvalue weighted by molar-refractivity contribution is -0.119. The zero-order chi connectivity index (χ0) is 23.8. The Labute approximate surface area is 190 Å². The van der Waals surface area contributed by atoms with Crippen molar-refractivity contribution in [2.45, 2.75) is 12.2 Å². The average Bonchev–Trinajstić information content (AvgIpc) is 2.97. The van der Waals surface area contributed by atoms with E-state index in [0.717, 1.165) is 29.4 Å². The molecule has 2 amide bonds. The summed E-state index contributed by atoms with van der Waals surface area (Å²) in [7, 11) is 3.25. The SMILES string of the molecule is CNC(=O)CNC(=O)c1ccc2c(c1)nc(NC1=NC3C=CC(C(F)(F)F)=CC(=C3)S1)n2C. The summed E-state index contributed by atoms with van der Waals surface area (Å²) in [6.07, 6.45) is 0.740. The fourth-order valence-corrected chi connectivity index (χ4v) is 4.16. The molecule has 0 fully saturated rings. The lowest BCUT2D eigenvalue weighted by Crippen LogP contribution is -2.35. The first-order chi connectivity index (χ1) is 15.6. The highest BCUT2D eigenvalue weighted by Gasteiger charge is 2.33. The number of aryl methyl sites for hydroxylation is 1. The van der Waals surface area contributed by atoms with Crippen LogP contribution in [0.4, 0.5) is 19.1 Å². The Hall–Kier alpha value is -3.54. The number of aromatic nitrogens is 2. The summed E-state index contributed by atoms with van der Waals surface area (Å²) in [5.41, 5.74) is 0.874. The molecule has 1 unspecified atom stereocenters. The van der Waals surface area contributed by atoms with Crippen LogP contribution in [0.15, 0.2) is 58.0 Å². The van der Waals surface area contributed by atoms with Gasteiger partial charge in [-0.15, -0.1) is 0 Å². The van der Waals surface area contributed by atoms with Crippen LogP contribution in [-0.2, 0) is 11.8 Å². The molecular weight excluding hydrogens is 457 g/mol.